The SMILES string of the molecule is CCC(=O)Nc1cccc(NCc2cc(C)ccc2O)c1. The van der Waals surface area contributed by atoms with Crippen molar-refractivity contribution >= 4 is 17.3 Å². The number of benzene rings is 2. The molecule has 0 spiro atoms. The van der Waals surface area contributed by atoms with Crippen LogP contribution in [-0.4, -0.2) is 11.0 Å². The van der Waals surface area contributed by atoms with Gasteiger partial charge in [0.15, 0.2) is 0 Å². The average Bonchev–Trinajstić information content (AvgIpc) is 2.48. The largest absolute Gasteiger partial charge is 0.508 e. The van der Waals surface area contributed by atoms with Crippen LogP contribution >= 0.6 is 0 Å². The fraction of sp³-hybridized carbons (Fsp3) is 0.235. The topological polar surface area (TPSA) is 61.4 Å². The third kappa shape index (κ3) is 4.24. The smallest absolute Gasteiger partial charge is 0.224 e. The first-order chi connectivity index (χ1) is 10.1. The summed E-state index contributed by atoms with van der Waals surface area (Å²) in [5, 5.41) is 15.9. The summed E-state index contributed by atoms with van der Waals surface area (Å²) in [4.78, 5) is 11.4. The molecular weight excluding hydrogens is 264 g/mol. The molecule has 3 N–H and O–H groups in total. The van der Waals surface area contributed by atoms with Gasteiger partial charge < -0.3 is 15.7 Å². The van der Waals surface area contributed by atoms with E-state index in [1.807, 2.05) is 50.2 Å². The quantitative estimate of drug-likeness (QED) is 0.785. The number of carbonyl (C=O) groups is 1. The van der Waals surface area contributed by atoms with Crippen LogP contribution in [0.3, 0.4) is 0 Å². The van der Waals surface area contributed by atoms with Crippen LogP contribution in [0, 0.1) is 6.92 Å². The number of carbonyl (C=O) groups excluding carboxylic acids is 1. The van der Waals surface area contributed by atoms with Crippen molar-refractivity contribution in [3.63, 3.8) is 0 Å². The number of hydrogen-bond acceptors (Lipinski definition) is 3. The summed E-state index contributed by atoms with van der Waals surface area (Å²) < 4.78 is 0. The van der Waals surface area contributed by atoms with Gasteiger partial charge in [-0.25, -0.2) is 0 Å². The van der Waals surface area contributed by atoms with Crippen LogP contribution in [0.5, 0.6) is 5.75 Å². The zero-order chi connectivity index (χ0) is 15.2. The number of aromatic hydroxyl groups is 1. The van der Waals surface area contributed by atoms with Crippen LogP contribution in [0.25, 0.3) is 0 Å². The molecule has 4 nitrogen and oxygen atoms in total. The summed E-state index contributed by atoms with van der Waals surface area (Å²) in [7, 11) is 0. The lowest BCUT2D eigenvalue weighted by Crippen LogP contribution is -2.09. The lowest BCUT2D eigenvalue weighted by Gasteiger charge is -2.11. The number of phenolic OH excluding ortho intramolecular Hbond substituents is 1. The van der Waals surface area contributed by atoms with E-state index in [2.05, 4.69) is 10.6 Å². The summed E-state index contributed by atoms with van der Waals surface area (Å²) in [6.07, 6.45) is 0.453. The second kappa shape index (κ2) is 6.79. The molecule has 1 amide bonds. The van der Waals surface area contributed by atoms with Gasteiger partial charge in [-0.05, 0) is 31.2 Å². The van der Waals surface area contributed by atoms with Gasteiger partial charge in [-0.15, -0.1) is 0 Å². The highest BCUT2D eigenvalue weighted by Crippen LogP contribution is 2.21. The molecule has 0 atom stereocenters. The predicted octanol–water partition coefficient (Wildman–Crippen LogP) is 3.66. The summed E-state index contributed by atoms with van der Waals surface area (Å²) in [5.41, 5.74) is 3.61. The minimum absolute atomic E-state index is 0.0107. The number of phenols is 1. The minimum Gasteiger partial charge on any atom is -0.508 e. The Kier molecular flexibility index (Phi) is 4.82. The molecule has 2 aromatic rings. The van der Waals surface area contributed by atoms with Gasteiger partial charge in [-0.3, -0.25) is 4.79 Å². The highest BCUT2D eigenvalue weighted by atomic mass is 16.3. The molecule has 0 bridgehead atoms. The highest BCUT2D eigenvalue weighted by Gasteiger charge is 2.03. The number of hydrogen-bond donors (Lipinski definition) is 3. The first kappa shape index (κ1) is 14.9. The number of rotatable bonds is 5. The Labute approximate surface area is 124 Å². The zero-order valence-electron chi connectivity index (χ0n) is 12.3. The van der Waals surface area contributed by atoms with E-state index in [9.17, 15) is 9.90 Å². The van der Waals surface area contributed by atoms with Gasteiger partial charge in [0.05, 0.1) is 0 Å². The van der Waals surface area contributed by atoms with Crippen LogP contribution in [0.1, 0.15) is 24.5 Å². The number of aryl methyl sites for hydroxylation is 1. The Balaban J connectivity index is 2.04. The second-order valence-electron chi connectivity index (χ2n) is 4.97. The third-order valence-corrected chi connectivity index (χ3v) is 3.19. The molecule has 0 saturated carbocycles. The third-order valence-electron chi connectivity index (χ3n) is 3.19. The first-order valence-corrected chi connectivity index (χ1v) is 7.00. The molecule has 0 aliphatic carbocycles. The van der Waals surface area contributed by atoms with E-state index >= 15 is 0 Å². The van der Waals surface area contributed by atoms with E-state index in [0.29, 0.717) is 13.0 Å². The lowest BCUT2D eigenvalue weighted by molar-refractivity contribution is -0.115. The van der Waals surface area contributed by atoms with Crippen molar-refractivity contribution in [1.29, 1.82) is 0 Å². The van der Waals surface area contributed by atoms with Crippen LogP contribution in [0.4, 0.5) is 11.4 Å². The summed E-state index contributed by atoms with van der Waals surface area (Å²) in [6.45, 7) is 4.33. The Morgan fingerprint density at radius 2 is 1.90 bits per heavy atom. The summed E-state index contributed by atoms with van der Waals surface area (Å²) in [5.74, 6) is 0.270. The predicted molar refractivity (Wildman–Crippen MR) is 85.5 cm³/mol. The van der Waals surface area contributed by atoms with Crippen molar-refractivity contribution in [3.8, 4) is 5.75 Å². The Hall–Kier alpha value is -2.49. The molecule has 0 saturated heterocycles. The van der Waals surface area contributed by atoms with Gasteiger partial charge in [0.1, 0.15) is 5.75 Å². The molecule has 0 aromatic heterocycles. The molecule has 0 fully saturated rings. The van der Waals surface area contributed by atoms with Crippen molar-refractivity contribution in [2.75, 3.05) is 10.6 Å². The van der Waals surface area contributed by atoms with Crippen molar-refractivity contribution in [2.45, 2.75) is 26.8 Å². The maximum Gasteiger partial charge on any atom is 0.224 e. The van der Waals surface area contributed by atoms with E-state index in [0.717, 1.165) is 22.5 Å². The van der Waals surface area contributed by atoms with Gasteiger partial charge in [-0.2, -0.15) is 0 Å². The van der Waals surface area contributed by atoms with Gasteiger partial charge in [0, 0.05) is 29.9 Å². The molecular formula is C17H20N2O2. The average molecular weight is 284 g/mol. The van der Waals surface area contributed by atoms with Gasteiger partial charge in [0.25, 0.3) is 0 Å². The van der Waals surface area contributed by atoms with E-state index in [-0.39, 0.29) is 11.7 Å². The number of nitrogens with one attached hydrogen (secondary N) is 2. The lowest BCUT2D eigenvalue weighted by atomic mass is 10.1. The molecule has 0 heterocycles. The van der Waals surface area contributed by atoms with Crippen molar-refractivity contribution < 1.29 is 9.90 Å². The van der Waals surface area contributed by atoms with E-state index in [4.69, 9.17) is 0 Å². The molecule has 0 aliphatic heterocycles. The molecule has 21 heavy (non-hydrogen) atoms. The Bertz CT molecular complexity index is 638. The Morgan fingerprint density at radius 1 is 1.14 bits per heavy atom. The van der Waals surface area contributed by atoms with Crippen molar-refractivity contribution in [2.24, 2.45) is 0 Å². The molecule has 0 aliphatic rings. The second-order valence-corrected chi connectivity index (χ2v) is 4.97. The maximum absolute atomic E-state index is 11.4. The van der Waals surface area contributed by atoms with Crippen molar-refractivity contribution in [1.82, 2.24) is 0 Å². The molecule has 0 unspecified atom stereocenters. The van der Waals surface area contributed by atoms with E-state index in [1.54, 1.807) is 6.07 Å². The fourth-order valence-corrected chi connectivity index (χ4v) is 2.01. The fourth-order valence-electron chi connectivity index (χ4n) is 2.01. The number of anilines is 2. The highest BCUT2D eigenvalue weighted by molar-refractivity contribution is 5.90. The molecule has 4 heteroatoms. The van der Waals surface area contributed by atoms with Crippen LogP contribution < -0.4 is 10.6 Å². The molecule has 2 rings (SSSR count). The van der Waals surface area contributed by atoms with Crippen LogP contribution in [-0.2, 0) is 11.3 Å². The minimum atomic E-state index is -0.0107. The first-order valence-electron chi connectivity index (χ1n) is 7.00. The maximum atomic E-state index is 11.4. The zero-order valence-corrected chi connectivity index (χ0v) is 12.3. The Morgan fingerprint density at radius 3 is 2.67 bits per heavy atom. The van der Waals surface area contributed by atoms with Gasteiger partial charge in [0.2, 0.25) is 5.91 Å². The summed E-state index contributed by atoms with van der Waals surface area (Å²) in [6, 6.07) is 13.1. The monoisotopic (exact) mass is 284 g/mol. The van der Waals surface area contributed by atoms with Crippen LogP contribution in [0.15, 0.2) is 42.5 Å². The summed E-state index contributed by atoms with van der Waals surface area (Å²) >= 11 is 0. The van der Waals surface area contributed by atoms with Crippen molar-refractivity contribution in [3.05, 3.63) is 53.6 Å². The van der Waals surface area contributed by atoms with Crippen LogP contribution in [0.2, 0.25) is 0 Å². The van der Waals surface area contributed by atoms with E-state index < -0.39 is 0 Å². The normalized spacial score (nSPS) is 10.2. The number of amides is 1. The molecule has 0 radical (unpaired) electrons. The van der Waals surface area contributed by atoms with Gasteiger partial charge in [-0.1, -0.05) is 30.7 Å². The standard InChI is InChI=1S/C17H20N2O2/c1-3-17(21)19-15-6-4-5-14(10-15)18-11-13-9-12(2)7-8-16(13)20/h4-10,18,20H,3,11H2,1-2H3,(H,19,21). The molecule has 2 aromatic carbocycles. The van der Waals surface area contributed by atoms with E-state index in [1.165, 1.54) is 0 Å². The van der Waals surface area contributed by atoms with Gasteiger partial charge >= 0.3 is 0 Å². The molecule has 110 valence electrons.